The minimum Gasteiger partial charge on any atom is -0.330 e. The maximum Gasteiger partial charge on any atom is 0.141 e. The van der Waals surface area contributed by atoms with Crippen molar-refractivity contribution in [3.8, 4) is 0 Å². The summed E-state index contributed by atoms with van der Waals surface area (Å²) in [6, 6.07) is 4.35. The molecule has 1 aromatic carbocycles. The van der Waals surface area contributed by atoms with Gasteiger partial charge in [0, 0.05) is 23.4 Å². The first-order valence-corrected chi connectivity index (χ1v) is 6.04. The van der Waals surface area contributed by atoms with E-state index in [4.69, 9.17) is 5.73 Å². The first kappa shape index (κ1) is 13.3. The van der Waals surface area contributed by atoms with E-state index in [1.54, 1.807) is 6.07 Å². The van der Waals surface area contributed by atoms with Crippen molar-refractivity contribution in [3.63, 3.8) is 0 Å². The molecule has 0 saturated carbocycles. The van der Waals surface area contributed by atoms with Gasteiger partial charge in [-0.1, -0.05) is 22.9 Å². The summed E-state index contributed by atoms with van der Waals surface area (Å²) in [5, 5.41) is 0. The predicted octanol–water partition coefficient (Wildman–Crippen LogP) is 2.68. The fraction of sp³-hybridized carbons (Fsp3) is 0.417. The van der Waals surface area contributed by atoms with Crippen molar-refractivity contribution in [1.29, 1.82) is 0 Å². The number of Topliss-reactive ketones (excluding diaryl/α,β-unsaturated/α-hetero) is 1. The van der Waals surface area contributed by atoms with E-state index in [9.17, 15) is 9.18 Å². The van der Waals surface area contributed by atoms with Crippen LogP contribution in [-0.2, 0) is 11.2 Å². The van der Waals surface area contributed by atoms with E-state index in [0.29, 0.717) is 12.1 Å². The molecule has 0 aromatic heterocycles. The van der Waals surface area contributed by atoms with Crippen LogP contribution in [0.5, 0.6) is 0 Å². The van der Waals surface area contributed by atoms with Crippen LogP contribution in [0.4, 0.5) is 4.39 Å². The zero-order chi connectivity index (χ0) is 12.1. The Morgan fingerprint density at radius 2 is 2.25 bits per heavy atom. The van der Waals surface area contributed by atoms with Crippen LogP contribution < -0.4 is 5.73 Å². The molecule has 0 saturated heterocycles. The lowest BCUT2D eigenvalue weighted by Crippen LogP contribution is -2.24. The second kappa shape index (κ2) is 6.11. The summed E-state index contributed by atoms with van der Waals surface area (Å²) in [5.74, 6) is -0.390. The SMILES string of the molecule is CCC(CN)C(=O)Cc1cc(F)ccc1Br. The molecule has 0 radical (unpaired) electrons. The van der Waals surface area contributed by atoms with Gasteiger partial charge in [0.1, 0.15) is 11.6 Å². The molecule has 0 amide bonds. The fourth-order valence-corrected chi connectivity index (χ4v) is 1.92. The zero-order valence-corrected chi connectivity index (χ0v) is 10.8. The molecule has 0 bridgehead atoms. The molecule has 1 unspecified atom stereocenters. The fourth-order valence-electron chi connectivity index (χ4n) is 1.54. The molecule has 0 aliphatic heterocycles. The number of rotatable bonds is 5. The molecule has 0 spiro atoms. The van der Waals surface area contributed by atoms with Crippen molar-refractivity contribution >= 4 is 21.7 Å². The molecule has 2 N–H and O–H groups in total. The Hall–Kier alpha value is -0.740. The Morgan fingerprint density at radius 1 is 1.56 bits per heavy atom. The summed E-state index contributed by atoms with van der Waals surface area (Å²) in [6.07, 6.45) is 0.955. The van der Waals surface area contributed by atoms with Crippen LogP contribution in [0.3, 0.4) is 0 Å². The van der Waals surface area contributed by atoms with E-state index < -0.39 is 0 Å². The van der Waals surface area contributed by atoms with Gasteiger partial charge < -0.3 is 5.73 Å². The highest BCUT2D eigenvalue weighted by molar-refractivity contribution is 9.10. The molecule has 16 heavy (non-hydrogen) atoms. The monoisotopic (exact) mass is 287 g/mol. The first-order chi connectivity index (χ1) is 7.58. The molecule has 2 nitrogen and oxygen atoms in total. The second-order valence-corrected chi connectivity index (χ2v) is 4.57. The highest BCUT2D eigenvalue weighted by atomic mass is 79.9. The van der Waals surface area contributed by atoms with E-state index in [-0.39, 0.29) is 23.9 Å². The molecular formula is C12H15BrFNO. The van der Waals surface area contributed by atoms with Gasteiger partial charge in [-0.2, -0.15) is 0 Å². The summed E-state index contributed by atoms with van der Waals surface area (Å²) in [5.41, 5.74) is 6.18. The Labute approximate surface area is 103 Å². The van der Waals surface area contributed by atoms with Crippen LogP contribution in [0.25, 0.3) is 0 Å². The smallest absolute Gasteiger partial charge is 0.141 e. The summed E-state index contributed by atoms with van der Waals surface area (Å²) in [7, 11) is 0. The number of hydrogen-bond donors (Lipinski definition) is 1. The third kappa shape index (κ3) is 3.39. The van der Waals surface area contributed by atoms with Gasteiger partial charge in [0.2, 0.25) is 0 Å². The zero-order valence-electron chi connectivity index (χ0n) is 9.17. The lowest BCUT2D eigenvalue weighted by Gasteiger charge is -2.11. The third-order valence-electron chi connectivity index (χ3n) is 2.61. The normalized spacial score (nSPS) is 12.5. The molecule has 0 aliphatic carbocycles. The van der Waals surface area contributed by atoms with Gasteiger partial charge in [-0.3, -0.25) is 4.79 Å². The molecule has 1 aromatic rings. The molecular weight excluding hydrogens is 273 g/mol. The summed E-state index contributed by atoms with van der Waals surface area (Å²) >= 11 is 3.30. The second-order valence-electron chi connectivity index (χ2n) is 3.72. The van der Waals surface area contributed by atoms with Crippen molar-refractivity contribution in [2.24, 2.45) is 11.7 Å². The maximum atomic E-state index is 13.0. The van der Waals surface area contributed by atoms with Gasteiger partial charge >= 0.3 is 0 Å². The van der Waals surface area contributed by atoms with Crippen LogP contribution in [-0.4, -0.2) is 12.3 Å². The van der Waals surface area contributed by atoms with Gasteiger partial charge in [-0.15, -0.1) is 0 Å². The summed E-state index contributed by atoms with van der Waals surface area (Å²) in [4.78, 5) is 11.8. The van der Waals surface area contributed by atoms with Crippen LogP contribution >= 0.6 is 15.9 Å². The average Bonchev–Trinajstić information content (AvgIpc) is 2.25. The number of nitrogens with two attached hydrogens (primary N) is 1. The van der Waals surface area contributed by atoms with E-state index in [2.05, 4.69) is 15.9 Å². The quantitative estimate of drug-likeness (QED) is 0.905. The number of carbonyl (C=O) groups is 1. The highest BCUT2D eigenvalue weighted by Gasteiger charge is 2.16. The summed E-state index contributed by atoms with van der Waals surface area (Å²) in [6.45, 7) is 2.28. The van der Waals surface area contributed by atoms with E-state index >= 15 is 0 Å². The van der Waals surface area contributed by atoms with Crippen LogP contribution in [0.1, 0.15) is 18.9 Å². The first-order valence-electron chi connectivity index (χ1n) is 5.25. The molecule has 88 valence electrons. The Morgan fingerprint density at radius 3 is 2.81 bits per heavy atom. The van der Waals surface area contributed by atoms with Gasteiger partial charge in [0.05, 0.1) is 0 Å². The van der Waals surface area contributed by atoms with Gasteiger partial charge in [-0.25, -0.2) is 4.39 Å². The lowest BCUT2D eigenvalue weighted by molar-refractivity contribution is -0.122. The number of ketones is 1. The van der Waals surface area contributed by atoms with Crippen molar-refractivity contribution in [2.75, 3.05) is 6.54 Å². The van der Waals surface area contributed by atoms with Gasteiger partial charge in [0.15, 0.2) is 0 Å². The Bertz CT molecular complexity index is 377. The number of hydrogen-bond acceptors (Lipinski definition) is 2. The average molecular weight is 288 g/mol. The standard InChI is InChI=1S/C12H15BrFNO/c1-2-8(7-15)12(16)6-9-5-10(14)3-4-11(9)13/h3-5,8H,2,6-7,15H2,1H3. The Kier molecular flexibility index (Phi) is 5.09. The topological polar surface area (TPSA) is 43.1 Å². The van der Waals surface area contributed by atoms with Gasteiger partial charge in [-0.05, 0) is 30.2 Å². The number of benzene rings is 1. The van der Waals surface area contributed by atoms with Crippen LogP contribution in [0.2, 0.25) is 0 Å². The van der Waals surface area contributed by atoms with E-state index in [0.717, 1.165) is 10.9 Å². The van der Waals surface area contributed by atoms with Crippen molar-refractivity contribution in [3.05, 3.63) is 34.1 Å². The molecule has 0 heterocycles. The van der Waals surface area contributed by atoms with Gasteiger partial charge in [0.25, 0.3) is 0 Å². The Balaban J connectivity index is 2.80. The van der Waals surface area contributed by atoms with E-state index in [1.165, 1.54) is 12.1 Å². The largest absolute Gasteiger partial charge is 0.330 e. The van der Waals surface area contributed by atoms with E-state index in [1.807, 2.05) is 6.92 Å². The molecule has 1 atom stereocenters. The molecule has 0 fully saturated rings. The predicted molar refractivity (Wildman–Crippen MR) is 65.6 cm³/mol. The minimum atomic E-state index is -0.327. The van der Waals surface area contributed by atoms with Crippen molar-refractivity contribution in [2.45, 2.75) is 19.8 Å². The van der Waals surface area contributed by atoms with Crippen LogP contribution in [0.15, 0.2) is 22.7 Å². The number of halogens is 2. The molecule has 0 aliphatic rings. The highest BCUT2D eigenvalue weighted by Crippen LogP contribution is 2.20. The van der Waals surface area contributed by atoms with Crippen molar-refractivity contribution in [1.82, 2.24) is 0 Å². The molecule has 1 rings (SSSR count). The summed E-state index contributed by atoms with van der Waals surface area (Å²) < 4.78 is 13.8. The number of carbonyl (C=O) groups excluding carboxylic acids is 1. The lowest BCUT2D eigenvalue weighted by atomic mass is 9.96. The van der Waals surface area contributed by atoms with Crippen molar-refractivity contribution < 1.29 is 9.18 Å². The maximum absolute atomic E-state index is 13.0. The molecule has 4 heteroatoms. The third-order valence-corrected chi connectivity index (χ3v) is 3.38. The minimum absolute atomic E-state index is 0.0660. The van der Waals surface area contributed by atoms with Crippen LogP contribution in [0, 0.1) is 11.7 Å².